The predicted octanol–water partition coefficient (Wildman–Crippen LogP) is 4.80. The van der Waals surface area contributed by atoms with Crippen LogP contribution in [0.5, 0.6) is 0 Å². The van der Waals surface area contributed by atoms with Gasteiger partial charge in [-0.3, -0.25) is 0 Å². The SMILES string of the molecule is CC(N)(Cc1c(F)cccc1F)c1ccc(Br)cc1Cl. The molecule has 1 nitrogen and oxygen atoms in total. The van der Waals surface area contributed by atoms with Gasteiger partial charge in [0.15, 0.2) is 0 Å². The molecule has 2 aromatic rings. The highest BCUT2D eigenvalue weighted by Gasteiger charge is 2.27. The fourth-order valence-electron chi connectivity index (χ4n) is 2.12. The van der Waals surface area contributed by atoms with E-state index in [9.17, 15) is 8.78 Å². The van der Waals surface area contributed by atoms with Crippen LogP contribution in [-0.2, 0) is 12.0 Å². The molecular formula is C15H13BrClF2N. The first kappa shape index (κ1) is 15.4. The highest BCUT2D eigenvalue weighted by molar-refractivity contribution is 9.10. The summed E-state index contributed by atoms with van der Waals surface area (Å²) in [6.45, 7) is 1.70. The summed E-state index contributed by atoms with van der Waals surface area (Å²) in [5.74, 6) is -1.20. The molecule has 0 aliphatic carbocycles. The minimum absolute atomic E-state index is 0.0207. The number of rotatable bonds is 3. The topological polar surface area (TPSA) is 26.0 Å². The van der Waals surface area contributed by atoms with Crippen molar-refractivity contribution in [1.82, 2.24) is 0 Å². The van der Waals surface area contributed by atoms with Gasteiger partial charge in [0.05, 0.1) is 0 Å². The molecule has 1 unspecified atom stereocenters. The molecule has 0 saturated heterocycles. The first-order valence-electron chi connectivity index (χ1n) is 5.98. The molecule has 5 heteroatoms. The van der Waals surface area contributed by atoms with Gasteiger partial charge in [0.25, 0.3) is 0 Å². The van der Waals surface area contributed by atoms with Crippen LogP contribution in [0.1, 0.15) is 18.1 Å². The predicted molar refractivity (Wildman–Crippen MR) is 80.8 cm³/mol. The third kappa shape index (κ3) is 3.19. The standard InChI is InChI=1S/C15H13BrClF2N/c1-15(20,11-6-5-9(16)7-12(11)17)8-10-13(18)3-2-4-14(10)19/h2-7H,8,20H2,1H3. The van der Waals surface area contributed by atoms with Gasteiger partial charge in [-0.1, -0.05) is 39.7 Å². The van der Waals surface area contributed by atoms with Crippen LogP contribution in [0, 0.1) is 11.6 Å². The minimum atomic E-state index is -0.971. The second-order valence-corrected chi connectivity index (χ2v) is 6.24. The Morgan fingerprint density at radius 2 is 1.80 bits per heavy atom. The summed E-state index contributed by atoms with van der Waals surface area (Å²) in [4.78, 5) is 0. The van der Waals surface area contributed by atoms with Gasteiger partial charge in [-0.15, -0.1) is 0 Å². The Balaban J connectivity index is 2.40. The average Bonchev–Trinajstić information content (AvgIpc) is 2.33. The van der Waals surface area contributed by atoms with Crippen LogP contribution in [0.15, 0.2) is 40.9 Å². The van der Waals surface area contributed by atoms with Crippen molar-refractivity contribution in [3.63, 3.8) is 0 Å². The molecule has 0 spiro atoms. The Bertz CT molecular complexity index is 624. The zero-order valence-corrected chi connectivity index (χ0v) is 13.1. The molecule has 1 atom stereocenters. The van der Waals surface area contributed by atoms with Crippen LogP contribution < -0.4 is 5.73 Å². The van der Waals surface area contributed by atoms with E-state index in [2.05, 4.69) is 15.9 Å². The number of benzene rings is 2. The van der Waals surface area contributed by atoms with Crippen LogP contribution >= 0.6 is 27.5 Å². The van der Waals surface area contributed by atoms with Crippen molar-refractivity contribution < 1.29 is 8.78 Å². The van der Waals surface area contributed by atoms with E-state index in [1.807, 2.05) is 0 Å². The summed E-state index contributed by atoms with van der Waals surface area (Å²) in [7, 11) is 0. The lowest BCUT2D eigenvalue weighted by Crippen LogP contribution is -2.36. The maximum atomic E-state index is 13.7. The number of hydrogen-bond acceptors (Lipinski definition) is 1. The second-order valence-electron chi connectivity index (χ2n) is 4.92. The smallest absolute Gasteiger partial charge is 0.129 e. The van der Waals surface area contributed by atoms with Crippen molar-refractivity contribution in [2.45, 2.75) is 18.9 Å². The fraction of sp³-hybridized carbons (Fsp3) is 0.200. The Kier molecular flexibility index (Phi) is 4.47. The molecule has 0 aromatic heterocycles. The summed E-state index contributed by atoms with van der Waals surface area (Å²) >= 11 is 9.47. The van der Waals surface area contributed by atoms with E-state index in [0.717, 1.165) is 4.47 Å². The largest absolute Gasteiger partial charge is 0.321 e. The lowest BCUT2D eigenvalue weighted by atomic mass is 9.86. The molecule has 0 radical (unpaired) electrons. The number of nitrogens with two attached hydrogens (primary N) is 1. The van der Waals surface area contributed by atoms with Crippen LogP contribution in [0.25, 0.3) is 0 Å². The van der Waals surface area contributed by atoms with Crippen LogP contribution in [0.2, 0.25) is 5.02 Å². The van der Waals surface area contributed by atoms with E-state index in [0.29, 0.717) is 10.6 Å². The molecule has 0 heterocycles. The van der Waals surface area contributed by atoms with Crippen molar-refractivity contribution in [3.8, 4) is 0 Å². The van der Waals surface area contributed by atoms with Crippen molar-refractivity contribution in [2.24, 2.45) is 5.73 Å². The molecule has 0 aliphatic heterocycles. The Hall–Kier alpha value is -0.970. The van der Waals surface area contributed by atoms with Crippen LogP contribution in [0.4, 0.5) is 8.78 Å². The zero-order chi connectivity index (χ0) is 14.9. The molecule has 20 heavy (non-hydrogen) atoms. The van der Waals surface area contributed by atoms with E-state index in [-0.39, 0.29) is 12.0 Å². The molecule has 0 fully saturated rings. The summed E-state index contributed by atoms with van der Waals surface area (Å²) < 4.78 is 28.3. The highest BCUT2D eigenvalue weighted by Crippen LogP contribution is 2.32. The van der Waals surface area contributed by atoms with Gasteiger partial charge in [-0.25, -0.2) is 8.78 Å². The molecular weight excluding hydrogens is 348 g/mol. The lowest BCUT2D eigenvalue weighted by molar-refractivity contribution is 0.455. The number of halogens is 4. The molecule has 106 valence electrons. The van der Waals surface area contributed by atoms with E-state index in [4.69, 9.17) is 17.3 Å². The zero-order valence-electron chi connectivity index (χ0n) is 10.8. The van der Waals surface area contributed by atoms with Gasteiger partial charge in [0.1, 0.15) is 11.6 Å². The van der Waals surface area contributed by atoms with Gasteiger partial charge < -0.3 is 5.73 Å². The van der Waals surface area contributed by atoms with E-state index < -0.39 is 17.2 Å². The summed E-state index contributed by atoms with van der Waals surface area (Å²) in [5, 5.41) is 0.459. The van der Waals surface area contributed by atoms with Gasteiger partial charge >= 0.3 is 0 Å². The van der Waals surface area contributed by atoms with Crippen LogP contribution in [0.3, 0.4) is 0 Å². The third-order valence-corrected chi connectivity index (χ3v) is 3.96. The first-order chi connectivity index (χ1) is 9.31. The molecule has 0 bridgehead atoms. The van der Waals surface area contributed by atoms with Crippen molar-refractivity contribution >= 4 is 27.5 Å². The number of hydrogen-bond donors (Lipinski definition) is 1. The maximum absolute atomic E-state index is 13.7. The Labute approximate surface area is 129 Å². The first-order valence-corrected chi connectivity index (χ1v) is 7.15. The third-order valence-electron chi connectivity index (χ3n) is 3.15. The maximum Gasteiger partial charge on any atom is 0.129 e. The van der Waals surface area contributed by atoms with Crippen LogP contribution in [-0.4, -0.2) is 0 Å². The normalized spacial score (nSPS) is 14.1. The minimum Gasteiger partial charge on any atom is -0.321 e. The quantitative estimate of drug-likeness (QED) is 0.836. The van der Waals surface area contributed by atoms with Gasteiger partial charge in [-0.05, 0) is 36.8 Å². The van der Waals surface area contributed by atoms with E-state index >= 15 is 0 Å². The summed E-state index contributed by atoms with van der Waals surface area (Å²) in [5.41, 5.74) is 5.87. The van der Waals surface area contributed by atoms with Gasteiger partial charge in [0.2, 0.25) is 0 Å². The Morgan fingerprint density at radius 3 is 2.35 bits per heavy atom. The van der Waals surface area contributed by atoms with Crippen molar-refractivity contribution in [3.05, 3.63) is 68.7 Å². The summed E-state index contributed by atoms with van der Waals surface area (Å²) in [6.07, 6.45) is 0.0207. The second kappa shape index (κ2) is 5.80. The van der Waals surface area contributed by atoms with Gasteiger partial charge in [-0.2, -0.15) is 0 Å². The monoisotopic (exact) mass is 359 g/mol. The van der Waals surface area contributed by atoms with Gasteiger partial charge in [0, 0.05) is 27.0 Å². The van der Waals surface area contributed by atoms with Crippen molar-refractivity contribution in [2.75, 3.05) is 0 Å². The Morgan fingerprint density at radius 1 is 1.20 bits per heavy atom. The van der Waals surface area contributed by atoms with Crippen molar-refractivity contribution in [1.29, 1.82) is 0 Å². The molecule has 2 rings (SSSR count). The highest BCUT2D eigenvalue weighted by atomic mass is 79.9. The summed E-state index contributed by atoms with van der Waals surface area (Å²) in [6, 6.07) is 9.03. The average molecular weight is 361 g/mol. The molecule has 0 amide bonds. The van der Waals surface area contributed by atoms with E-state index in [1.54, 1.807) is 25.1 Å². The molecule has 0 aliphatic rings. The molecule has 0 saturated carbocycles. The van der Waals surface area contributed by atoms with E-state index in [1.165, 1.54) is 18.2 Å². The lowest BCUT2D eigenvalue weighted by Gasteiger charge is -2.27. The molecule has 2 N–H and O–H groups in total. The molecule has 2 aromatic carbocycles. The fourth-order valence-corrected chi connectivity index (χ4v) is 3.01.